The van der Waals surface area contributed by atoms with Gasteiger partial charge in [-0.1, -0.05) is 0 Å². The minimum absolute atomic E-state index is 1.10. The molecule has 0 aromatic rings. The second-order valence-electron chi connectivity index (χ2n) is 0.964. The van der Waals surface area contributed by atoms with Crippen LogP contribution in [0.5, 0.6) is 0 Å². The van der Waals surface area contributed by atoms with E-state index in [1.54, 1.807) is 0 Å². The molecule has 0 heterocycles. The van der Waals surface area contributed by atoms with Gasteiger partial charge < -0.3 is 0 Å². The Kier molecular flexibility index (Phi) is 2.88. The van der Waals surface area contributed by atoms with Crippen LogP contribution in [0.1, 0.15) is 0 Å². The Labute approximate surface area is 51.4 Å². The van der Waals surface area contributed by atoms with Gasteiger partial charge in [0, 0.05) is 0 Å². The van der Waals surface area contributed by atoms with E-state index in [0.717, 1.165) is 0 Å². The first-order valence-electron chi connectivity index (χ1n) is 1.56. The van der Waals surface area contributed by atoms with E-state index in [9.17, 15) is 9.59 Å². The summed E-state index contributed by atoms with van der Waals surface area (Å²) in [6.07, 6.45) is 0. The molecule has 2 N–H and O–H groups in total. The average molecular weight is 202 g/mol. The molecule has 5 heteroatoms. The van der Waals surface area contributed by atoms with E-state index in [-0.39, 0.29) is 0 Å². The number of carboxylic acid groups (broad SMARTS) is 2. The molecule has 0 aliphatic carbocycles. The molecule has 0 unspecified atom stereocenters. The normalized spacial score (nSPS) is 6.86. The summed E-state index contributed by atoms with van der Waals surface area (Å²) in [5, 5.41) is 15.6. The van der Waals surface area contributed by atoms with Gasteiger partial charge in [-0.15, -0.1) is 0 Å². The minimum atomic E-state index is -2.44. The molecule has 0 atom stereocenters. The van der Waals surface area contributed by atoms with Crippen molar-refractivity contribution in [2.75, 3.05) is 0 Å². The molecule has 0 aromatic carbocycles. The molecular formula is C2H2CdO4. The number of hydrogen-bond acceptors (Lipinski definition) is 2. The summed E-state index contributed by atoms with van der Waals surface area (Å²) in [6.45, 7) is 0. The van der Waals surface area contributed by atoms with Crippen molar-refractivity contribution in [1.82, 2.24) is 0 Å². The third-order valence-electron chi connectivity index (χ3n) is 0.302. The van der Waals surface area contributed by atoms with E-state index in [0.29, 0.717) is 0 Å². The summed E-state index contributed by atoms with van der Waals surface area (Å²) >= 11 is -2.44. The summed E-state index contributed by atoms with van der Waals surface area (Å²) < 4.78 is -2.20. The van der Waals surface area contributed by atoms with Crippen molar-refractivity contribution in [3.63, 3.8) is 0 Å². The molecular weight excluding hydrogens is 200 g/mol. The average Bonchev–Trinajstić information content (AvgIpc) is 1.27. The van der Waals surface area contributed by atoms with Crippen molar-refractivity contribution >= 4 is 7.06 Å². The molecule has 0 aromatic heterocycles. The predicted octanol–water partition coefficient (Wildman–Crippen LogP) is 0.425. The Balaban J connectivity index is 3.32. The summed E-state index contributed by atoms with van der Waals surface area (Å²) in [6, 6.07) is 0. The van der Waals surface area contributed by atoms with Crippen LogP contribution >= 0.6 is 0 Å². The van der Waals surface area contributed by atoms with Gasteiger partial charge in [0.05, 0.1) is 0 Å². The Morgan fingerprint density at radius 3 is 1.43 bits per heavy atom. The molecule has 0 fully saturated rings. The molecule has 36 valence electrons. The summed E-state index contributed by atoms with van der Waals surface area (Å²) in [5.41, 5.74) is 0. The van der Waals surface area contributed by atoms with E-state index < -0.39 is 31.3 Å². The Morgan fingerprint density at radius 2 is 1.43 bits per heavy atom. The third kappa shape index (κ3) is 5.86. The van der Waals surface area contributed by atoms with Crippen LogP contribution in [0.3, 0.4) is 0 Å². The van der Waals surface area contributed by atoms with Gasteiger partial charge in [0.1, 0.15) is 0 Å². The van der Waals surface area contributed by atoms with E-state index >= 15 is 0 Å². The Bertz CT molecular complexity index is 85.9. The summed E-state index contributed by atoms with van der Waals surface area (Å²) in [5.74, 6) is 0. The van der Waals surface area contributed by atoms with Crippen molar-refractivity contribution in [3.05, 3.63) is 0 Å². The van der Waals surface area contributed by atoms with Crippen LogP contribution in [0, 0.1) is 0 Å². The fourth-order valence-electron chi connectivity index (χ4n) is 0.129. The molecule has 0 aliphatic heterocycles. The van der Waals surface area contributed by atoms with Gasteiger partial charge in [0.15, 0.2) is 0 Å². The van der Waals surface area contributed by atoms with Crippen LogP contribution in [0.25, 0.3) is 0 Å². The monoisotopic (exact) mass is 204 g/mol. The second-order valence-corrected chi connectivity index (χ2v) is 5.43. The SMILES string of the molecule is O=[C](O)[Cd][C](=O)O. The van der Waals surface area contributed by atoms with Crippen molar-refractivity contribution in [2.45, 2.75) is 0 Å². The first-order valence-corrected chi connectivity index (χ1v) is 5.60. The Hall–Kier alpha value is -0.138. The van der Waals surface area contributed by atoms with Gasteiger partial charge in [-0.25, -0.2) is 0 Å². The maximum atomic E-state index is 9.52. The van der Waals surface area contributed by atoms with Crippen LogP contribution in [0.15, 0.2) is 0 Å². The molecule has 0 radical (unpaired) electrons. The molecule has 0 bridgehead atoms. The number of hydrogen-bond donors (Lipinski definition) is 2. The molecule has 0 saturated heterocycles. The van der Waals surface area contributed by atoms with Crippen LogP contribution in [0.4, 0.5) is 9.59 Å². The number of rotatable bonds is 2. The van der Waals surface area contributed by atoms with Crippen LogP contribution < -0.4 is 0 Å². The van der Waals surface area contributed by atoms with Gasteiger partial charge in [-0.3, -0.25) is 0 Å². The number of carbonyl (C=O) groups is 2. The van der Waals surface area contributed by atoms with Gasteiger partial charge in [0.25, 0.3) is 0 Å². The zero-order chi connectivity index (χ0) is 5.86. The van der Waals surface area contributed by atoms with Crippen LogP contribution in [0.2, 0.25) is 0 Å². The standard InChI is InChI=1S/2CHO2.Cd/c2*2-1-3;/h2*(H,2,3);. The first kappa shape index (κ1) is 6.86. The first-order chi connectivity index (χ1) is 3.13. The second kappa shape index (κ2) is 2.94. The van der Waals surface area contributed by atoms with Gasteiger partial charge in [0.2, 0.25) is 0 Å². The molecule has 4 nitrogen and oxygen atoms in total. The topological polar surface area (TPSA) is 74.6 Å². The van der Waals surface area contributed by atoms with Gasteiger partial charge in [-0.05, 0) is 0 Å². The molecule has 0 spiro atoms. The van der Waals surface area contributed by atoms with Gasteiger partial charge >= 0.3 is 51.1 Å². The zero-order valence-electron chi connectivity index (χ0n) is 3.42. The zero-order valence-corrected chi connectivity index (χ0v) is 7.45. The van der Waals surface area contributed by atoms with Crippen molar-refractivity contribution in [3.8, 4) is 0 Å². The quantitative estimate of drug-likeness (QED) is 0.637. The maximum absolute atomic E-state index is 9.52. The van der Waals surface area contributed by atoms with Crippen LogP contribution in [-0.2, 0) is 24.2 Å². The fourth-order valence-corrected chi connectivity index (χ4v) is 0.868. The third-order valence-corrected chi connectivity index (χ3v) is 2.03. The van der Waals surface area contributed by atoms with E-state index in [4.69, 9.17) is 10.2 Å². The Morgan fingerprint density at radius 1 is 1.14 bits per heavy atom. The molecule has 7 heavy (non-hydrogen) atoms. The van der Waals surface area contributed by atoms with Crippen LogP contribution in [-0.4, -0.2) is 17.3 Å². The molecule has 0 saturated carbocycles. The summed E-state index contributed by atoms with van der Waals surface area (Å²) in [4.78, 5) is 19.0. The van der Waals surface area contributed by atoms with Crippen molar-refractivity contribution in [1.29, 1.82) is 0 Å². The van der Waals surface area contributed by atoms with E-state index in [2.05, 4.69) is 0 Å². The van der Waals surface area contributed by atoms with Gasteiger partial charge in [-0.2, -0.15) is 0 Å². The van der Waals surface area contributed by atoms with Crippen molar-refractivity contribution in [2.24, 2.45) is 0 Å². The molecule has 0 aliphatic rings. The fraction of sp³-hybridized carbons (Fsp3) is 0. The van der Waals surface area contributed by atoms with E-state index in [1.165, 1.54) is 0 Å². The predicted molar refractivity (Wildman–Crippen MR) is 16.0 cm³/mol. The molecule has 0 amide bonds. The van der Waals surface area contributed by atoms with E-state index in [1.807, 2.05) is 0 Å². The van der Waals surface area contributed by atoms with Crippen molar-refractivity contribution < 1.29 is 44.0 Å². The summed E-state index contributed by atoms with van der Waals surface area (Å²) in [7, 11) is 0. The molecule has 0 rings (SSSR count).